The molecular weight excluding hydrogens is 418 g/mol. The molecule has 0 radical (unpaired) electrons. The summed E-state index contributed by atoms with van der Waals surface area (Å²) in [5.41, 5.74) is 3.79. The van der Waals surface area contributed by atoms with Gasteiger partial charge in [-0.25, -0.2) is 0 Å². The van der Waals surface area contributed by atoms with Crippen molar-refractivity contribution in [1.29, 1.82) is 0 Å². The van der Waals surface area contributed by atoms with Crippen LogP contribution in [0.1, 0.15) is 66.8 Å². The number of rotatable bonds is 9. The van der Waals surface area contributed by atoms with Crippen molar-refractivity contribution >= 4 is 34.3 Å². The smallest absolute Gasteiger partial charge is 0.172 e. The summed E-state index contributed by atoms with van der Waals surface area (Å²) in [4.78, 5) is 26.2. The van der Waals surface area contributed by atoms with Gasteiger partial charge in [-0.2, -0.15) is 0 Å². The van der Waals surface area contributed by atoms with Crippen molar-refractivity contribution in [1.82, 2.24) is 0 Å². The Morgan fingerprint density at radius 3 is 2.66 bits per heavy atom. The molecule has 4 nitrogen and oxygen atoms in total. The molecule has 1 fully saturated rings. The Kier molecular flexibility index (Phi) is 7.18. The van der Waals surface area contributed by atoms with E-state index in [2.05, 4.69) is 11.4 Å². The summed E-state index contributed by atoms with van der Waals surface area (Å²) < 4.78 is 0. The average Bonchev–Trinajstić information content (AvgIpc) is 3.44. The van der Waals surface area contributed by atoms with Gasteiger partial charge < -0.3 is 10.4 Å². The first-order chi connectivity index (χ1) is 15.5. The summed E-state index contributed by atoms with van der Waals surface area (Å²) in [6.07, 6.45) is 4.33. The minimum Gasteiger partial charge on any atom is -0.389 e. The molecule has 2 aromatic carbocycles. The molecule has 32 heavy (non-hydrogen) atoms. The van der Waals surface area contributed by atoms with Crippen LogP contribution in [-0.4, -0.2) is 16.7 Å². The third-order valence-electron chi connectivity index (χ3n) is 6.07. The van der Waals surface area contributed by atoms with Crippen molar-refractivity contribution in [2.24, 2.45) is 5.92 Å². The van der Waals surface area contributed by atoms with Crippen molar-refractivity contribution in [3.05, 3.63) is 71.1 Å². The molecule has 1 aromatic heterocycles. The fourth-order valence-electron chi connectivity index (χ4n) is 4.26. The van der Waals surface area contributed by atoms with Crippen LogP contribution in [0.2, 0.25) is 0 Å². The minimum atomic E-state index is -0.510. The number of aliphatic hydroxyl groups is 1. The lowest BCUT2D eigenvalue weighted by molar-refractivity contribution is -0.120. The number of anilines is 2. The Morgan fingerprint density at radius 1 is 1.12 bits per heavy atom. The monoisotopic (exact) mass is 447 g/mol. The Labute approximate surface area is 193 Å². The molecule has 0 aliphatic heterocycles. The van der Waals surface area contributed by atoms with Crippen LogP contribution in [0.5, 0.6) is 0 Å². The number of Topliss-reactive ketones (excluding diaryl/α,β-unsaturated/α-hetero) is 2. The second-order valence-corrected chi connectivity index (χ2v) is 9.63. The Hall–Kier alpha value is -2.76. The number of benzene rings is 2. The molecule has 0 bridgehead atoms. The maximum absolute atomic E-state index is 12.6. The second kappa shape index (κ2) is 10.2. The van der Waals surface area contributed by atoms with E-state index in [1.165, 1.54) is 11.3 Å². The first-order valence-corrected chi connectivity index (χ1v) is 12.1. The van der Waals surface area contributed by atoms with Crippen molar-refractivity contribution in [3.63, 3.8) is 0 Å². The zero-order valence-corrected chi connectivity index (χ0v) is 19.2. The maximum Gasteiger partial charge on any atom is 0.172 e. The van der Waals surface area contributed by atoms with Gasteiger partial charge >= 0.3 is 0 Å². The van der Waals surface area contributed by atoms with Crippen molar-refractivity contribution in [3.8, 4) is 10.4 Å². The normalized spacial score (nSPS) is 16.8. The van der Waals surface area contributed by atoms with E-state index in [-0.39, 0.29) is 11.7 Å². The number of carbonyl (C=O) groups is 2. The highest BCUT2D eigenvalue weighted by Gasteiger charge is 2.24. The van der Waals surface area contributed by atoms with Crippen LogP contribution < -0.4 is 5.32 Å². The maximum atomic E-state index is 12.6. The first-order valence-electron chi connectivity index (χ1n) is 11.3. The van der Waals surface area contributed by atoms with E-state index < -0.39 is 6.10 Å². The van der Waals surface area contributed by atoms with Gasteiger partial charge in [0, 0.05) is 35.0 Å². The average molecular weight is 448 g/mol. The Bertz CT molecular complexity index is 1100. The van der Waals surface area contributed by atoms with E-state index in [1.54, 1.807) is 6.92 Å². The van der Waals surface area contributed by atoms with E-state index in [0.29, 0.717) is 18.6 Å². The van der Waals surface area contributed by atoms with E-state index in [0.717, 1.165) is 57.9 Å². The molecule has 2 N–H and O–H groups in total. The van der Waals surface area contributed by atoms with Crippen molar-refractivity contribution in [2.45, 2.75) is 51.6 Å². The molecular formula is C27H29NO3S. The van der Waals surface area contributed by atoms with Gasteiger partial charge in [0.2, 0.25) is 0 Å². The van der Waals surface area contributed by atoms with E-state index in [1.807, 2.05) is 54.6 Å². The molecule has 1 heterocycles. The largest absolute Gasteiger partial charge is 0.389 e. The SMILES string of the molecule is CC(O)c1cccc(Nc2cccc(-c3ccc(C(=O)CCCC4CCCC4=O)s3)c2)c1. The number of carbonyl (C=O) groups excluding carboxylic acids is 2. The van der Waals surface area contributed by atoms with E-state index >= 15 is 0 Å². The van der Waals surface area contributed by atoms with Gasteiger partial charge in [-0.1, -0.05) is 24.3 Å². The predicted molar refractivity (Wildman–Crippen MR) is 131 cm³/mol. The van der Waals surface area contributed by atoms with Gasteiger partial charge in [0.05, 0.1) is 11.0 Å². The molecule has 0 spiro atoms. The van der Waals surface area contributed by atoms with Crippen LogP contribution in [0.15, 0.2) is 60.7 Å². The third-order valence-corrected chi connectivity index (χ3v) is 7.25. The molecule has 0 saturated heterocycles. The molecule has 2 atom stereocenters. The lowest BCUT2D eigenvalue weighted by Gasteiger charge is -2.11. The van der Waals surface area contributed by atoms with Gasteiger partial charge in [-0.05, 0) is 80.1 Å². The number of ketones is 2. The minimum absolute atomic E-state index is 0.163. The highest BCUT2D eigenvalue weighted by Crippen LogP contribution is 2.32. The molecule has 1 aliphatic carbocycles. The zero-order valence-electron chi connectivity index (χ0n) is 18.3. The van der Waals surface area contributed by atoms with Gasteiger partial charge in [0.25, 0.3) is 0 Å². The summed E-state index contributed by atoms with van der Waals surface area (Å²) in [7, 11) is 0. The number of hydrogen-bond acceptors (Lipinski definition) is 5. The van der Waals surface area contributed by atoms with Gasteiger partial charge in [-0.15, -0.1) is 11.3 Å². The fraction of sp³-hybridized carbons (Fsp3) is 0.333. The predicted octanol–water partition coefficient (Wildman–Crippen LogP) is 6.93. The standard InChI is InChI=1S/C27H29NO3S/c1-18(29)20-8-2-10-22(16-20)28-23-11-3-9-21(17-23)26-14-15-27(32-26)25(31)13-5-7-19-6-4-12-24(19)30/h2-3,8-11,14-19,28-29H,4-7,12-13H2,1H3. The number of thiophene rings is 1. The number of nitrogens with one attached hydrogen (secondary N) is 1. The lowest BCUT2D eigenvalue weighted by Crippen LogP contribution is -2.07. The first kappa shape index (κ1) is 22.4. The van der Waals surface area contributed by atoms with Crippen molar-refractivity contribution in [2.75, 3.05) is 5.32 Å². The summed E-state index contributed by atoms with van der Waals surface area (Å²) >= 11 is 1.52. The summed E-state index contributed by atoms with van der Waals surface area (Å²) in [5.74, 6) is 0.719. The molecule has 2 unspecified atom stereocenters. The Balaban J connectivity index is 1.39. The highest BCUT2D eigenvalue weighted by atomic mass is 32.1. The van der Waals surface area contributed by atoms with Crippen molar-refractivity contribution < 1.29 is 14.7 Å². The van der Waals surface area contributed by atoms with Crippen LogP contribution in [0, 0.1) is 5.92 Å². The summed E-state index contributed by atoms with van der Waals surface area (Å²) in [5, 5.41) is 13.2. The molecule has 1 aliphatic rings. The van der Waals surface area contributed by atoms with Crippen LogP contribution in [-0.2, 0) is 4.79 Å². The molecule has 166 valence electrons. The zero-order chi connectivity index (χ0) is 22.5. The molecule has 0 amide bonds. The van der Waals surface area contributed by atoms with Gasteiger partial charge in [0.1, 0.15) is 5.78 Å². The number of aliphatic hydroxyl groups excluding tert-OH is 1. The van der Waals surface area contributed by atoms with Gasteiger partial charge in [0.15, 0.2) is 5.78 Å². The fourth-order valence-corrected chi connectivity index (χ4v) is 5.23. The second-order valence-electron chi connectivity index (χ2n) is 8.54. The molecule has 3 aromatic rings. The summed E-state index contributed by atoms with van der Waals surface area (Å²) in [6.45, 7) is 1.75. The van der Waals surface area contributed by atoms with E-state index in [4.69, 9.17) is 0 Å². The third kappa shape index (κ3) is 5.53. The highest BCUT2D eigenvalue weighted by molar-refractivity contribution is 7.17. The van der Waals surface area contributed by atoms with Crippen LogP contribution >= 0.6 is 11.3 Å². The summed E-state index contributed by atoms with van der Waals surface area (Å²) in [6, 6.07) is 19.8. The van der Waals surface area contributed by atoms with Crippen LogP contribution in [0.3, 0.4) is 0 Å². The van der Waals surface area contributed by atoms with Gasteiger partial charge in [-0.3, -0.25) is 9.59 Å². The van der Waals surface area contributed by atoms with E-state index in [9.17, 15) is 14.7 Å². The Morgan fingerprint density at radius 2 is 1.91 bits per heavy atom. The topological polar surface area (TPSA) is 66.4 Å². The number of hydrogen-bond donors (Lipinski definition) is 2. The molecule has 4 rings (SSSR count). The van der Waals surface area contributed by atoms with Crippen LogP contribution in [0.25, 0.3) is 10.4 Å². The molecule has 5 heteroatoms. The lowest BCUT2D eigenvalue weighted by atomic mass is 9.98. The molecule has 1 saturated carbocycles. The quantitative estimate of drug-likeness (QED) is 0.349. The van der Waals surface area contributed by atoms with Crippen LogP contribution in [0.4, 0.5) is 11.4 Å².